The number of thiazole rings is 1. The zero-order valence-corrected chi connectivity index (χ0v) is 11.5. The van der Waals surface area contributed by atoms with Gasteiger partial charge >= 0.3 is 0 Å². The van der Waals surface area contributed by atoms with Gasteiger partial charge in [0.2, 0.25) is 0 Å². The zero-order chi connectivity index (χ0) is 13.1. The summed E-state index contributed by atoms with van der Waals surface area (Å²) in [6, 6.07) is 7.53. The van der Waals surface area contributed by atoms with E-state index >= 15 is 0 Å². The second kappa shape index (κ2) is 5.80. The summed E-state index contributed by atoms with van der Waals surface area (Å²) in [5.41, 5.74) is 1.26. The molecule has 100 valence electrons. The maximum Gasteiger partial charge on any atom is 0.123 e. The van der Waals surface area contributed by atoms with Crippen molar-refractivity contribution in [2.75, 3.05) is 6.54 Å². The molecule has 3 rings (SSSR count). The Morgan fingerprint density at radius 1 is 1.26 bits per heavy atom. The summed E-state index contributed by atoms with van der Waals surface area (Å²) in [7, 11) is 0. The van der Waals surface area contributed by atoms with Gasteiger partial charge in [0.1, 0.15) is 5.82 Å². The maximum atomic E-state index is 12.8. The van der Waals surface area contributed by atoms with Crippen molar-refractivity contribution in [3.05, 3.63) is 52.2 Å². The number of aromatic nitrogens is 1. The third-order valence-corrected chi connectivity index (χ3v) is 4.57. The molecule has 1 N–H and O–H groups in total. The number of nitrogens with one attached hydrogen (secondary N) is 1. The van der Waals surface area contributed by atoms with E-state index in [0.29, 0.717) is 12.0 Å². The van der Waals surface area contributed by atoms with Crippen molar-refractivity contribution in [2.24, 2.45) is 0 Å². The third kappa shape index (κ3) is 3.19. The van der Waals surface area contributed by atoms with E-state index in [0.717, 1.165) is 25.8 Å². The monoisotopic (exact) mass is 276 g/mol. The highest BCUT2D eigenvalue weighted by Crippen LogP contribution is 2.36. The average molecular weight is 276 g/mol. The minimum atomic E-state index is -0.152. The molecule has 1 fully saturated rings. The predicted octanol–water partition coefficient (Wildman–Crippen LogP) is 3.36. The van der Waals surface area contributed by atoms with Crippen LogP contribution in [-0.2, 0) is 6.42 Å². The van der Waals surface area contributed by atoms with Crippen LogP contribution >= 0.6 is 11.3 Å². The Kier molecular flexibility index (Phi) is 3.89. The van der Waals surface area contributed by atoms with Gasteiger partial charge in [0.25, 0.3) is 0 Å². The summed E-state index contributed by atoms with van der Waals surface area (Å²) in [5, 5.41) is 6.77. The van der Waals surface area contributed by atoms with Gasteiger partial charge in [0.15, 0.2) is 0 Å². The predicted molar refractivity (Wildman–Crippen MR) is 76.0 cm³/mol. The molecule has 1 aromatic heterocycles. The molecule has 0 spiro atoms. The molecule has 2 aromatic rings. The van der Waals surface area contributed by atoms with Gasteiger partial charge in [-0.1, -0.05) is 12.1 Å². The van der Waals surface area contributed by atoms with E-state index in [1.165, 1.54) is 10.6 Å². The van der Waals surface area contributed by atoms with Crippen LogP contribution in [0, 0.1) is 5.82 Å². The van der Waals surface area contributed by atoms with Crippen LogP contribution in [0.4, 0.5) is 4.39 Å². The van der Waals surface area contributed by atoms with Crippen molar-refractivity contribution in [1.82, 2.24) is 10.3 Å². The molecule has 0 aliphatic heterocycles. The van der Waals surface area contributed by atoms with Crippen LogP contribution in [-0.4, -0.2) is 17.6 Å². The number of halogens is 1. The van der Waals surface area contributed by atoms with Crippen LogP contribution in [0.3, 0.4) is 0 Å². The van der Waals surface area contributed by atoms with Gasteiger partial charge in [0.05, 0.1) is 5.01 Å². The number of hydrogen-bond acceptors (Lipinski definition) is 3. The number of nitrogens with zero attached hydrogens (tertiary/aromatic N) is 1. The molecule has 19 heavy (non-hydrogen) atoms. The van der Waals surface area contributed by atoms with Crippen molar-refractivity contribution in [3.63, 3.8) is 0 Å². The highest BCUT2D eigenvalue weighted by atomic mass is 32.1. The second-order valence-corrected chi connectivity index (χ2v) is 6.03. The van der Waals surface area contributed by atoms with E-state index in [1.54, 1.807) is 23.5 Å². The average Bonchev–Trinajstić information content (AvgIpc) is 2.87. The fraction of sp³-hybridized carbons (Fsp3) is 0.400. The number of benzene rings is 1. The van der Waals surface area contributed by atoms with Crippen LogP contribution in [0.25, 0.3) is 0 Å². The van der Waals surface area contributed by atoms with Crippen LogP contribution < -0.4 is 5.32 Å². The minimum Gasteiger partial charge on any atom is -0.314 e. The summed E-state index contributed by atoms with van der Waals surface area (Å²) in [6.45, 7) is 0.994. The summed E-state index contributed by atoms with van der Waals surface area (Å²) < 4.78 is 12.8. The molecule has 1 aliphatic rings. The van der Waals surface area contributed by atoms with Gasteiger partial charge in [-0.2, -0.15) is 0 Å². The number of rotatable bonds is 5. The lowest BCUT2D eigenvalue weighted by molar-refractivity contribution is 0.292. The summed E-state index contributed by atoms with van der Waals surface area (Å²) in [5.74, 6) is 0.444. The van der Waals surface area contributed by atoms with E-state index < -0.39 is 0 Å². The molecule has 1 heterocycles. The molecule has 1 aliphatic carbocycles. The van der Waals surface area contributed by atoms with E-state index in [2.05, 4.69) is 10.3 Å². The Hall–Kier alpha value is -1.26. The first-order valence-electron chi connectivity index (χ1n) is 6.68. The topological polar surface area (TPSA) is 24.9 Å². The minimum absolute atomic E-state index is 0.152. The van der Waals surface area contributed by atoms with E-state index in [4.69, 9.17) is 0 Å². The van der Waals surface area contributed by atoms with E-state index in [1.807, 2.05) is 23.7 Å². The second-order valence-electron chi connectivity index (χ2n) is 5.05. The normalized spacial score (nSPS) is 22.2. The van der Waals surface area contributed by atoms with Crippen molar-refractivity contribution < 1.29 is 4.39 Å². The van der Waals surface area contributed by atoms with Gasteiger partial charge in [-0.3, -0.25) is 0 Å². The summed E-state index contributed by atoms with van der Waals surface area (Å²) in [4.78, 5) is 4.27. The van der Waals surface area contributed by atoms with Crippen molar-refractivity contribution in [1.29, 1.82) is 0 Å². The van der Waals surface area contributed by atoms with Crippen molar-refractivity contribution in [3.8, 4) is 0 Å². The fourth-order valence-electron chi connectivity index (χ4n) is 2.55. The SMILES string of the molecule is Fc1ccc(C2CC(NCCc3nccs3)C2)cc1. The molecule has 0 unspecified atom stereocenters. The Balaban J connectivity index is 1.39. The Bertz CT molecular complexity index is 503. The quantitative estimate of drug-likeness (QED) is 0.905. The molecule has 2 nitrogen and oxygen atoms in total. The lowest BCUT2D eigenvalue weighted by Gasteiger charge is -2.36. The lowest BCUT2D eigenvalue weighted by atomic mass is 9.76. The molecule has 1 saturated carbocycles. The molecular weight excluding hydrogens is 259 g/mol. The molecule has 0 radical (unpaired) electrons. The Morgan fingerprint density at radius 3 is 2.74 bits per heavy atom. The van der Waals surface area contributed by atoms with E-state index in [-0.39, 0.29) is 5.82 Å². The largest absolute Gasteiger partial charge is 0.314 e. The van der Waals surface area contributed by atoms with Gasteiger partial charge in [-0.15, -0.1) is 11.3 Å². The first-order valence-corrected chi connectivity index (χ1v) is 7.56. The van der Waals surface area contributed by atoms with Gasteiger partial charge in [-0.05, 0) is 36.5 Å². The Labute approximate surface area is 116 Å². The maximum absolute atomic E-state index is 12.8. The summed E-state index contributed by atoms with van der Waals surface area (Å²) >= 11 is 1.71. The third-order valence-electron chi connectivity index (χ3n) is 3.73. The van der Waals surface area contributed by atoms with Crippen LogP contribution in [0.15, 0.2) is 35.8 Å². The van der Waals surface area contributed by atoms with Crippen LogP contribution in [0.2, 0.25) is 0 Å². The van der Waals surface area contributed by atoms with Gasteiger partial charge < -0.3 is 5.32 Å². The van der Waals surface area contributed by atoms with Crippen molar-refractivity contribution >= 4 is 11.3 Å². The van der Waals surface area contributed by atoms with Gasteiger partial charge in [0, 0.05) is 30.6 Å². The molecule has 0 saturated heterocycles. The first kappa shape index (κ1) is 12.8. The molecule has 0 amide bonds. The Morgan fingerprint density at radius 2 is 2.05 bits per heavy atom. The molecule has 0 atom stereocenters. The first-order chi connectivity index (χ1) is 9.31. The lowest BCUT2D eigenvalue weighted by Crippen LogP contribution is -2.40. The van der Waals surface area contributed by atoms with E-state index in [9.17, 15) is 4.39 Å². The number of hydrogen-bond donors (Lipinski definition) is 1. The van der Waals surface area contributed by atoms with Crippen molar-refractivity contribution in [2.45, 2.75) is 31.2 Å². The van der Waals surface area contributed by atoms with Crippen LogP contribution in [0.5, 0.6) is 0 Å². The highest BCUT2D eigenvalue weighted by molar-refractivity contribution is 7.09. The van der Waals surface area contributed by atoms with Gasteiger partial charge in [-0.25, -0.2) is 9.37 Å². The highest BCUT2D eigenvalue weighted by Gasteiger charge is 2.29. The zero-order valence-electron chi connectivity index (χ0n) is 10.7. The molecule has 1 aromatic carbocycles. The summed E-state index contributed by atoms with van der Waals surface area (Å²) in [6.07, 6.45) is 5.18. The standard InChI is InChI=1S/C15H17FN2S/c16-13-3-1-11(2-4-13)12-9-14(10-12)17-6-5-15-18-7-8-19-15/h1-4,7-8,12,14,17H,5-6,9-10H2. The van der Waals surface area contributed by atoms with Crippen LogP contribution in [0.1, 0.15) is 29.3 Å². The molecule has 0 bridgehead atoms. The smallest absolute Gasteiger partial charge is 0.123 e. The molecular formula is C15H17FN2S. The molecule has 4 heteroatoms. The fourth-order valence-corrected chi connectivity index (χ4v) is 3.17.